The van der Waals surface area contributed by atoms with Gasteiger partial charge in [0, 0.05) is 12.1 Å². The maximum Gasteiger partial charge on any atom is 0.319 e. The smallest absolute Gasteiger partial charge is 0.319 e. The summed E-state index contributed by atoms with van der Waals surface area (Å²) in [6.45, 7) is 0.814. The van der Waals surface area contributed by atoms with Crippen LogP contribution in [0, 0.1) is 11.2 Å². The second kappa shape index (κ2) is 5.11. The summed E-state index contributed by atoms with van der Waals surface area (Å²) in [5.74, 6) is -1.82. The van der Waals surface area contributed by atoms with Crippen molar-refractivity contribution in [1.82, 2.24) is 4.90 Å². The van der Waals surface area contributed by atoms with Gasteiger partial charge in [-0.2, -0.15) is 0 Å². The molecule has 0 bridgehead atoms. The molecule has 2 fully saturated rings. The molecule has 1 saturated heterocycles. The Balaban J connectivity index is 1.76. The van der Waals surface area contributed by atoms with Crippen LogP contribution in [0.1, 0.15) is 24.5 Å². The first kappa shape index (κ1) is 14.0. The molecule has 1 saturated carbocycles. The lowest BCUT2D eigenvalue weighted by molar-refractivity contribution is -0.157. The molecule has 1 aromatic rings. The van der Waals surface area contributed by atoms with Gasteiger partial charge in [-0.25, -0.2) is 4.39 Å². The van der Waals surface area contributed by atoms with Crippen molar-refractivity contribution in [3.05, 3.63) is 35.6 Å². The van der Waals surface area contributed by atoms with E-state index in [0.717, 1.165) is 0 Å². The molecule has 3 rings (SSSR count). The number of aliphatic carboxylic acids is 1. The largest absolute Gasteiger partial charge is 0.480 e. The molecule has 112 valence electrons. The Morgan fingerprint density at radius 3 is 2.67 bits per heavy atom. The Hall–Kier alpha value is -1.95. The van der Waals surface area contributed by atoms with Crippen LogP contribution in [0.4, 0.5) is 4.39 Å². The second-order valence-electron chi connectivity index (χ2n) is 5.52. The van der Waals surface area contributed by atoms with Crippen LogP contribution >= 0.6 is 0 Å². The molecule has 6 heteroatoms. The summed E-state index contributed by atoms with van der Waals surface area (Å²) in [6.07, 6.45) is 0.208. The van der Waals surface area contributed by atoms with Gasteiger partial charge < -0.3 is 14.7 Å². The van der Waals surface area contributed by atoms with Gasteiger partial charge in [0.2, 0.25) is 5.91 Å². The minimum atomic E-state index is -1.25. The molecule has 1 heterocycles. The van der Waals surface area contributed by atoms with E-state index in [0.29, 0.717) is 24.9 Å². The van der Waals surface area contributed by atoms with E-state index in [2.05, 4.69) is 0 Å². The molecule has 0 unspecified atom stereocenters. The number of nitrogens with zero attached hydrogens (tertiary/aromatic N) is 1. The summed E-state index contributed by atoms with van der Waals surface area (Å²) < 4.78 is 19.3. The van der Waals surface area contributed by atoms with Crippen molar-refractivity contribution in [2.75, 3.05) is 19.7 Å². The Morgan fingerprint density at radius 1 is 1.33 bits per heavy atom. The Bertz CT molecular complexity index is 585. The predicted octanol–water partition coefficient (Wildman–Crippen LogP) is 1.59. The minimum absolute atomic E-state index is 0.189. The fourth-order valence-corrected chi connectivity index (χ4v) is 2.70. The van der Waals surface area contributed by atoms with E-state index in [-0.39, 0.29) is 24.9 Å². The van der Waals surface area contributed by atoms with Crippen molar-refractivity contribution in [3.63, 3.8) is 0 Å². The monoisotopic (exact) mass is 293 g/mol. The zero-order valence-corrected chi connectivity index (χ0v) is 11.4. The number of carbonyl (C=O) groups is 2. The average molecular weight is 293 g/mol. The number of carbonyl (C=O) groups excluding carboxylic acids is 1. The summed E-state index contributed by atoms with van der Waals surface area (Å²) >= 11 is 0. The van der Waals surface area contributed by atoms with Gasteiger partial charge in [0.05, 0.1) is 13.2 Å². The van der Waals surface area contributed by atoms with Gasteiger partial charge in [-0.05, 0) is 18.9 Å². The van der Waals surface area contributed by atoms with Crippen LogP contribution in [-0.4, -0.2) is 41.6 Å². The van der Waals surface area contributed by atoms with Crippen LogP contribution in [0.15, 0.2) is 24.3 Å². The maximum atomic E-state index is 13.8. The van der Waals surface area contributed by atoms with Crippen molar-refractivity contribution >= 4 is 11.9 Å². The molecular weight excluding hydrogens is 277 g/mol. The molecule has 0 radical (unpaired) electrons. The third kappa shape index (κ3) is 2.40. The number of carboxylic acids is 1. The molecule has 1 aromatic carbocycles. The standard InChI is InChI=1S/C15H16FNO4/c16-11-4-2-1-3-10(11)12-9-17(7-8-21-12)13(18)15(5-6-15)14(19)20/h1-4,12H,5-9H2,(H,19,20)/t12-/m1/s1. The number of hydrogen-bond donors (Lipinski definition) is 1. The summed E-state index contributed by atoms with van der Waals surface area (Å²) in [6, 6.07) is 6.27. The number of carboxylic acid groups (broad SMARTS) is 1. The number of hydrogen-bond acceptors (Lipinski definition) is 3. The van der Waals surface area contributed by atoms with E-state index in [9.17, 15) is 19.1 Å². The van der Waals surface area contributed by atoms with E-state index >= 15 is 0 Å². The molecule has 0 aromatic heterocycles. The van der Waals surface area contributed by atoms with E-state index in [4.69, 9.17) is 4.74 Å². The van der Waals surface area contributed by atoms with Gasteiger partial charge in [-0.3, -0.25) is 9.59 Å². The van der Waals surface area contributed by atoms with Gasteiger partial charge in [0.1, 0.15) is 17.3 Å². The number of amides is 1. The number of halogens is 1. The molecule has 21 heavy (non-hydrogen) atoms. The van der Waals surface area contributed by atoms with Crippen LogP contribution < -0.4 is 0 Å². The lowest BCUT2D eigenvalue weighted by atomic mass is 10.0. The van der Waals surface area contributed by atoms with Gasteiger partial charge in [0.25, 0.3) is 0 Å². The quantitative estimate of drug-likeness (QED) is 0.859. The van der Waals surface area contributed by atoms with E-state index in [1.807, 2.05) is 0 Å². The van der Waals surface area contributed by atoms with E-state index in [1.165, 1.54) is 11.0 Å². The van der Waals surface area contributed by atoms with E-state index in [1.54, 1.807) is 18.2 Å². The zero-order chi connectivity index (χ0) is 15.0. The highest BCUT2D eigenvalue weighted by molar-refractivity contribution is 6.04. The minimum Gasteiger partial charge on any atom is -0.480 e. The van der Waals surface area contributed by atoms with Crippen LogP contribution in [0.3, 0.4) is 0 Å². The molecule has 1 N–H and O–H groups in total. The second-order valence-corrected chi connectivity index (χ2v) is 5.52. The number of morpholine rings is 1. The predicted molar refractivity (Wildman–Crippen MR) is 71.0 cm³/mol. The van der Waals surface area contributed by atoms with Crippen LogP contribution in [0.25, 0.3) is 0 Å². The number of benzene rings is 1. The van der Waals surface area contributed by atoms with Gasteiger partial charge in [0.15, 0.2) is 0 Å². The first-order valence-corrected chi connectivity index (χ1v) is 6.93. The normalized spacial score (nSPS) is 23.7. The highest BCUT2D eigenvalue weighted by Gasteiger charge is 2.58. The summed E-state index contributed by atoms with van der Waals surface area (Å²) in [5.41, 5.74) is -0.855. The summed E-state index contributed by atoms with van der Waals surface area (Å²) in [7, 11) is 0. The number of rotatable bonds is 3. The van der Waals surface area contributed by atoms with Crippen LogP contribution in [0.5, 0.6) is 0 Å². The van der Waals surface area contributed by atoms with Crippen molar-refractivity contribution in [1.29, 1.82) is 0 Å². The Morgan fingerprint density at radius 2 is 2.05 bits per heavy atom. The van der Waals surface area contributed by atoms with Gasteiger partial charge in [-0.15, -0.1) is 0 Å². The first-order chi connectivity index (χ1) is 10.0. The number of ether oxygens (including phenoxy) is 1. The fourth-order valence-electron chi connectivity index (χ4n) is 2.70. The lowest BCUT2D eigenvalue weighted by Crippen LogP contribution is -2.47. The first-order valence-electron chi connectivity index (χ1n) is 6.93. The molecule has 1 amide bonds. The lowest BCUT2D eigenvalue weighted by Gasteiger charge is -2.34. The maximum absolute atomic E-state index is 13.8. The molecule has 1 aliphatic heterocycles. The highest BCUT2D eigenvalue weighted by atomic mass is 19.1. The fraction of sp³-hybridized carbons (Fsp3) is 0.467. The van der Waals surface area contributed by atoms with Crippen LogP contribution in [-0.2, 0) is 14.3 Å². The molecular formula is C15H16FNO4. The molecule has 1 atom stereocenters. The van der Waals surface area contributed by atoms with Crippen molar-refractivity contribution in [2.45, 2.75) is 18.9 Å². The zero-order valence-electron chi connectivity index (χ0n) is 11.4. The van der Waals surface area contributed by atoms with Crippen molar-refractivity contribution in [3.8, 4) is 0 Å². The third-order valence-corrected chi connectivity index (χ3v) is 4.17. The topological polar surface area (TPSA) is 66.8 Å². The van der Waals surface area contributed by atoms with Crippen molar-refractivity contribution in [2.24, 2.45) is 5.41 Å². The molecule has 1 aliphatic carbocycles. The third-order valence-electron chi connectivity index (χ3n) is 4.17. The van der Waals surface area contributed by atoms with E-state index < -0.39 is 17.5 Å². The summed E-state index contributed by atoms with van der Waals surface area (Å²) in [5, 5.41) is 9.19. The SMILES string of the molecule is O=C(O)C1(C(=O)N2CCO[C@@H](c3ccccc3F)C2)CC1. The molecule has 0 spiro atoms. The van der Waals surface area contributed by atoms with Crippen molar-refractivity contribution < 1.29 is 23.8 Å². The Kier molecular flexibility index (Phi) is 3.41. The summed E-state index contributed by atoms with van der Waals surface area (Å²) in [4.78, 5) is 25.1. The molecule has 5 nitrogen and oxygen atoms in total. The Labute approximate surface area is 121 Å². The van der Waals surface area contributed by atoms with Gasteiger partial charge >= 0.3 is 5.97 Å². The molecule has 2 aliphatic rings. The highest BCUT2D eigenvalue weighted by Crippen LogP contribution is 2.48. The average Bonchev–Trinajstić information content (AvgIpc) is 3.29. The van der Waals surface area contributed by atoms with Crippen LogP contribution in [0.2, 0.25) is 0 Å². The van der Waals surface area contributed by atoms with Gasteiger partial charge in [-0.1, -0.05) is 18.2 Å².